The number of hydrogen-bond acceptors (Lipinski definition) is 4. The van der Waals surface area contributed by atoms with Crippen molar-refractivity contribution in [3.8, 4) is 5.75 Å². The van der Waals surface area contributed by atoms with Crippen molar-refractivity contribution in [2.24, 2.45) is 0 Å². The van der Waals surface area contributed by atoms with E-state index in [1.54, 1.807) is 6.07 Å². The minimum Gasteiger partial charge on any atom is -0.467 e. The molecule has 2 N–H and O–H groups in total. The molecule has 0 saturated carbocycles. The van der Waals surface area contributed by atoms with Crippen LogP contribution in [0.4, 0.5) is 4.39 Å². The molecular formula is C16H15FN2O4. The van der Waals surface area contributed by atoms with Crippen LogP contribution < -0.4 is 10.1 Å². The van der Waals surface area contributed by atoms with Crippen molar-refractivity contribution < 1.29 is 23.5 Å². The second-order valence-electron chi connectivity index (χ2n) is 5.19. The predicted octanol–water partition coefficient (Wildman–Crippen LogP) is 2.15. The van der Waals surface area contributed by atoms with E-state index >= 15 is 0 Å². The summed E-state index contributed by atoms with van der Waals surface area (Å²) < 4.78 is 24.1. The number of halogens is 1. The topological polar surface area (TPSA) is 80.4 Å². The maximum Gasteiger partial charge on any atom is 0.267 e. The molecule has 1 aliphatic rings. The summed E-state index contributed by atoms with van der Waals surface area (Å²) in [7, 11) is 0. The van der Waals surface area contributed by atoms with Gasteiger partial charge in [0, 0.05) is 24.6 Å². The molecule has 1 amide bonds. The Morgan fingerprint density at radius 1 is 1.30 bits per heavy atom. The quantitative estimate of drug-likeness (QED) is 0.847. The van der Waals surface area contributed by atoms with Crippen molar-refractivity contribution in [2.45, 2.75) is 20.1 Å². The number of aromatic amines is 1. The van der Waals surface area contributed by atoms with Crippen molar-refractivity contribution in [1.29, 1.82) is 0 Å². The molecule has 0 saturated heterocycles. The summed E-state index contributed by atoms with van der Waals surface area (Å²) in [5.74, 6) is -0.422. The molecule has 0 atom stereocenters. The third-order valence-electron chi connectivity index (χ3n) is 3.50. The molecule has 0 fully saturated rings. The fourth-order valence-corrected chi connectivity index (χ4v) is 2.39. The number of ketones is 1. The zero-order valence-corrected chi connectivity index (χ0v) is 12.4. The Morgan fingerprint density at radius 3 is 2.83 bits per heavy atom. The number of Topliss-reactive ketones (excluding diaryl/α,β-unsaturated/α-hetero) is 1. The second-order valence-corrected chi connectivity index (χ2v) is 5.19. The van der Waals surface area contributed by atoms with Gasteiger partial charge in [-0.25, -0.2) is 4.39 Å². The molecule has 23 heavy (non-hydrogen) atoms. The number of carbonyl (C=O) groups excluding carboxylic acids is 2. The lowest BCUT2D eigenvalue weighted by Gasteiger charge is -2.21. The van der Waals surface area contributed by atoms with Crippen molar-refractivity contribution >= 4 is 11.7 Å². The average Bonchev–Trinajstić information content (AvgIpc) is 3.02. The van der Waals surface area contributed by atoms with Crippen LogP contribution in [0, 0.1) is 5.82 Å². The third-order valence-corrected chi connectivity index (χ3v) is 3.50. The van der Waals surface area contributed by atoms with Crippen molar-refractivity contribution in [3.63, 3.8) is 0 Å². The maximum atomic E-state index is 13.6. The van der Waals surface area contributed by atoms with Gasteiger partial charge >= 0.3 is 0 Å². The number of benzene rings is 1. The van der Waals surface area contributed by atoms with Crippen molar-refractivity contribution in [1.82, 2.24) is 10.3 Å². The van der Waals surface area contributed by atoms with Gasteiger partial charge in [-0.1, -0.05) is 0 Å². The molecular weight excluding hydrogens is 303 g/mol. The Bertz CT molecular complexity index is 769. The lowest BCUT2D eigenvalue weighted by atomic mass is 10.1. The Hall–Kier alpha value is -2.67. The number of amides is 1. The van der Waals surface area contributed by atoms with Crippen LogP contribution in [-0.2, 0) is 17.9 Å². The molecule has 2 heterocycles. The van der Waals surface area contributed by atoms with E-state index < -0.39 is 5.82 Å². The van der Waals surface area contributed by atoms with Crippen LogP contribution in [0.25, 0.3) is 0 Å². The summed E-state index contributed by atoms with van der Waals surface area (Å²) in [5, 5.41) is 2.68. The number of nitrogens with one attached hydrogen (secondary N) is 2. The van der Waals surface area contributed by atoms with Crippen LogP contribution in [0.5, 0.6) is 5.75 Å². The first-order valence-electron chi connectivity index (χ1n) is 7.04. The molecule has 0 unspecified atom stereocenters. The van der Waals surface area contributed by atoms with E-state index in [1.165, 1.54) is 25.1 Å². The van der Waals surface area contributed by atoms with Gasteiger partial charge in [-0.2, -0.15) is 0 Å². The SMILES string of the molecule is CC(=O)c1ccc(C(=O)NCc2cc(F)cc3c2OCOC3)[nH]1. The number of ether oxygens (including phenoxy) is 2. The van der Waals surface area contributed by atoms with Crippen molar-refractivity contribution in [3.05, 3.63) is 52.6 Å². The lowest BCUT2D eigenvalue weighted by molar-refractivity contribution is -0.0173. The number of hydrogen-bond donors (Lipinski definition) is 2. The van der Waals surface area contributed by atoms with E-state index in [1.807, 2.05) is 0 Å². The fraction of sp³-hybridized carbons (Fsp3) is 0.250. The third kappa shape index (κ3) is 3.24. The van der Waals surface area contributed by atoms with Gasteiger partial charge in [0.2, 0.25) is 0 Å². The molecule has 6 nitrogen and oxygen atoms in total. The first-order valence-corrected chi connectivity index (χ1v) is 7.04. The first-order chi connectivity index (χ1) is 11.0. The summed E-state index contributed by atoms with van der Waals surface area (Å²) >= 11 is 0. The highest BCUT2D eigenvalue weighted by Crippen LogP contribution is 2.29. The largest absolute Gasteiger partial charge is 0.467 e. The molecule has 1 aromatic heterocycles. The van der Waals surface area contributed by atoms with E-state index in [0.717, 1.165) is 0 Å². The molecule has 2 aromatic rings. The standard InChI is InChI=1S/C16H15FN2O4/c1-9(20)13-2-3-14(19-13)16(21)18-6-10-4-12(17)5-11-7-22-8-23-15(10)11/h2-5,19H,6-8H2,1H3,(H,18,21). The Morgan fingerprint density at radius 2 is 2.09 bits per heavy atom. The van der Waals surface area contributed by atoms with Crippen LogP contribution in [0.15, 0.2) is 24.3 Å². The number of fused-ring (bicyclic) bond motifs is 1. The molecule has 7 heteroatoms. The number of carbonyl (C=O) groups is 2. The number of H-pyrrole nitrogens is 1. The van der Waals surface area contributed by atoms with Crippen LogP contribution in [-0.4, -0.2) is 23.5 Å². The number of rotatable bonds is 4. The minimum atomic E-state index is -0.416. The van der Waals surface area contributed by atoms with Crippen LogP contribution >= 0.6 is 0 Å². The average molecular weight is 318 g/mol. The first kappa shape index (κ1) is 15.2. The molecule has 120 valence electrons. The van der Waals surface area contributed by atoms with Gasteiger partial charge in [-0.3, -0.25) is 9.59 Å². The summed E-state index contributed by atoms with van der Waals surface area (Å²) in [6.07, 6.45) is 0. The van der Waals surface area contributed by atoms with E-state index in [9.17, 15) is 14.0 Å². The number of aromatic nitrogens is 1. The summed E-state index contributed by atoms with van der Waals surface area (Å²) in [6, 6.07) is 5.74. The normalized spacial score (nSPS) is 13.1. The van der Waals surface area contributed by atoms with Gasteiger partial charge in [0.1, 0.15) is 17.3 Å². The molecule has 0 bridgehead atoms. The van der Waals surface area contributed by atoms with Gasteiger partial charge in [0.05, 0.1) is 12.3 Å². The van der Waals surface area contributed by atoms with Gasteiger partial charge in [-0.05, 0) is 24.3 Å². The van der Waals surface area contributed by atoms with Crippen LogP contribution in [0.1, 0.15) is 39.0 Å². The monoisotopic (exact) mass is 318 g/mol. The van der Waals surface area contributed by atoms with E-state index in [2.05, 4.69) is 10.3 Å². The minimum absolute atomic E-state index is 0.0954. The van der Waals surface area contributed by atoms with E-state index in [0.29, 0.717) is 22.6 Å². The highest BCUT2D eigenvalue weighted by Gasteiger charge is 2.18. The van der Waals surface area contributed by atoms with Crippen molar-refractivity contribution in [2.75, 3.05) is 6.79 Å². The lowest BCUT2D eigenvalue weighted by Crippen LogP contribution is -2.24. The van der Waals surface area contributed by atoms with Gasteiger partial charge < -0.3 is 19.8 Å². The smallest absolute Gasteiger partial charge is 0.267 e. The molecule has 0 aliphatic carbocycles. The Labute approximate surface area is 131 Å². The fourth-order valence-electron chi connectivity index (χ4n) is 2.39. The summed E-state index contributed by atoms with van der Waals surface area (Å²) in [6.45, 7) is 1.88. The molecule has 0 spiro atoms. The zero-order chi connectivity index (χ0) is 16.4. The van der Waals surface area contributed by atoms with Gasteiger partial charge in [-0.15, -0.1) is 0 Å². The Balaban J connectivity index is 1.74. The van der Waals surface area contributed by atoms with Gasteiger partial charge in [0.15, 0.2) is 12.6 Å². The molecule has 3 rings (SSSR count). The summed E-state index contributed by atoms with van der Waals surface area (Å²) in [5.41, 5.74) is 1.78. The molecule has 1 aliphatic heterocycles. The Kier molecular flexibility index (Phi) is 4.12. The summed E-state index contributed by atoms with van der Waals surface area (Å²) in [4.78, 5) is 26.1. The maximum absolute atomic E-state index is 13.6. The van der Waals surface area contributed by atoms with Gasteiger partial charge in [0.25, 0.3) is 5.91 Å². The van der Waals surface area contributed by atoms with E-state index in [4.69, 9.17) is 9.47 Å². The second kappa shape index (κ2) is 6.21. The highest BCUT2D eigenvalue weighted by atomic mass is 19.1. The van der Waals surface area contributed by atoms with Crippen LogP contribution in [0.2, 0.25) is 0 Å². The zero-order valence-electron chi connectivity index (χ0n) is 12.4. The van der Waals surface area contributed by atoms with Crippen LogP contribution in [0.3, 0.4) is 0 Å². The van der Waals surface area contributed by atoms with E-state index in [-0.39, 0.29) is 37.3 Å². The highest BCUT2D eigenvalue weighted by molar-refractivity contribution is 5.97. The predicted molar refractivity (Wildman–Crippen MR) is 78.7 cm³/mol. The molecule has 1 aromatic carbocycles. The molecule has 0 radical (unpaired) electrons.